The lowest BCUT2D eigenvalue weighted by Crippen LogP contribution is -2.24. The third-order valence-corrected chi connectivity index (χ3v) is 2.19. The van der Waals surface area contributed by atoms with E-state index in [1.54, 1.807) is 0 Å². The maximum absolute atomic E-state index is 13.0. The Bertz CT molecular complexity index is 392. The molecule has 1 aliphatic carbocycles. The van der Waals surface area contributed by atoms with Crippen LogP contribution in [0, 0.1) is 5.92 Å². The zero-order valence-electron chi connectivity index (χ0n) is 6.50. The van der Waals surface area contributed by atoms with Gasteiger partial charge in [0.05, 0.1) is 16.7 Å². The quantitative estimate of drug-likeness (QED) is 0.585. The van der Waals surface area contributed by atoms with Crippen LogP contribution in [0.3, 0.4) is 0 Å². The van der Waals surface area contributed by atoms with Gasteiger partial charge in [0.1, 0.15) is 5.83 Å². The number of carbonyl (C=O) groups is 1. The summed E-state index contributed by atoms with van der Waals surface area (Å²) in [5, 5.41) is -0.00176. The molecule has 66 valence electrons. The van der Waals surface area contributed by atoms with E-state index in [1.807, 2.05) is 0 Å². The van der Waals surface area contributed by atoms with E-state index in [9.17, 15) is 9.18 Å². The summed E-state index contributed by atoms with van der Waals surface area (Å²) in [4.78, 5) is 15.2. The van der Waals surface area contributed by atoms with E-state index in [0.717, 1.165) is 0 Å². The van der Waals surface area contributed by atoms with Crippen molar-refractivity contribution in [2.45, 2.75) is 0 Å². The molecule has 0 spiro atoms. The minimum absolute atomic E-state index is 0.00176. The summed E-state index contributed by atoms with van der Waals surface area (Å²) in [7, 11) is 0. The third-order valence-electron chi connectivity index (χ3n) is 1.90. The molecule has 0 aromatic carbocycles. The van der Waals surface area contributed by atoms with Gasteiger partial charge in [-0.05, 0) is 12.2 Å². The number of halogens is 2. The summed E-state index contributed by atoms with van der Waals surface area (Å²) >= 11 is 5.54. The fourth-order valence-electron chi connectivity index (χ4n) is 1.25. The highest BCUT2D eigenvalue weighted by Gasteiger charge is 2.26. The molecule has 0 radical (unpaired) electrons. The Kier molecular flexibility index (Phi) is 1.88. The summed E-state index contributed by atoms with van der Waals surface area (Å²) in [5.41, 5.74) is 0.499. The number of carbonyl (C=O) groups excluding carboxylic acids is 1. The van der Waals surface area contributed by atoms with Gasteiger partial charge in [-0.25, -0.2) is 4.39 Å². The number of hydrogen-bond donors (Lipinski definition) is 0. The zero-order valence-corrected chi connectivity index (χ0v) is 7.25. The highest BCUT2D eigenvalue weighted by Crippen LogP contribution is 2.27. The summed E-state index contributed by atoms with van der Waals surface area (Å²) in [6.07, 6.45) is 5.28. The van der Waals surface area contributed by atoms with E-state index in [1.165, 1.54) is 24.4 Å². The van der Waals surface area contributed by atoms with Gasteiger partial charge in [-0.15, -0.1) is 0 Å². The summed E-state index contributed by atoms with van der Waals surface area (Å²) in [6, 6.07) is 0. The Hall–Kier alpha value is -1.22. The van der Waals surface area contributed by atoms with Crippen LogP contribution in [0.4, 0.5) is 4.39 Å². The zero-order chi connectivity index (χ0) is 9.42. The normalized spacial score (nSPS) is 26.2. The summed E-state index contributed by atoms with van der Waals surface area (Å²) in [6.45, 7) is 0. The van der Waals surface area contributed by atoms with Crippen molar-refractivity contribution >= 4 is 23.1 Å². The van der Waals surface area contributed by atoms with E-state index in [-0.39, 0.29) is 10.8 Å². The average molecular weight is 198 g/mol. The van der Waals surface area contributed by atoms with Crippen molar-refractivity contribution in [2.75, 3.05) is 0 Å². The first-order chi connectivity index (χ1) is 6.18. The van der Waals surface area contributed by atoms with Crippen molar-refractivity contribution in [3.05, 3.63) is 35.3 Å². The van der Waals surface area contributed by atoms with Crippen molar-refractivity contribution in [1.82, 2.24) is 0 Å². The van der Waals surface area contributed by atoms with Crippen LogP contribution in [-0.4, -0.2) is 11.5 Å². The second-order valence-corrected chi connectivity index (χ2v) is 3.16. The Balaban J connectivity index is 2.47. The van der Waals surface area contributed by atoms with Crippen molar-refractivity contribution in [1.29, 1.82) is 0 Å². The van der Waals surface area contributed by atoms with Gasteiger partial charge in [0, 0.05) is 12.3 Å². The Morgan fingerprint density at radius 2 is 2.31 bits per heavy atom. The molecule has 0 aromatic rings. The van der Waals surface area contributed by atoms with Gasteiger partial charge in [-0.2, -0.15) is 0 Å². The Labute approximate surface area is 79.1 Å². The van der Waals surface area contributed by atoms with Crippen molar-refractivity contribution in [3.8, 4) is 0 Å². The summed E-state index contributed by atoms with van der Waals surface area (Å²) in [5.74, 6) is -1.32. The molecule has 4 heteroatoms. The lowest BCUT2D eigenvalue weighted by Gasteiger charge is -2.16. The van der Waals surface area contributed by atoms with Crippen LogP contribution in [-0.2, 0) is 4.79 Å². The number of allylic oxidation sites excluding steroid dienone is 5. The highest BCUT2D eigenvalue weighted by atomic mass is 35.5. The molecule has 2 nitrogen and oxygen atoms in total. The number of aliphatic imine (C=N–C) groups is 1. The summed E-state index contributed by atoms with van der Waals surface area (Å²) < 4.78 is 13.0. The van der Waals surface area contributed by atoms with Gasteiger partial charge in [-0.1, -0.05) is 11.6 Å². The van der Waals surface area contributed by atoms with Gasteiger partial charge in [-0.3, -0.25) is 9.79 Å². The molecule has 2 rings (SSSR count). The molecule has 13 heavy (non-hydrogen) atoms. The van der Waals surface area contributed by atoms with E-state index in [2.05, 4.69) is 4.99 Å². The first kappa shape index (κ1) is 8.38. The van der Waals surface area contributed by atoms with Crippen LogP contribution in [0.25, 0.3) is 0 Å². The van der Waals surface area contributed by atoms with Crippen LogP contribution in [0.5, 0.6) is 0 Å². The molecule has 1 atom stereocenters. The largest absolute Gasteiger partial charge is 0.294 e. The number of rotatable bonds is 0. The maximum Gasteiger partial charge on any atom is 0.170 e. The van der Waals surface area contributed by atoms with Crippen molar-refractivity contribution in [2.24, 2.45) is 10.9 Å². The smallest absolute Gasteiger partial charge is 0.170 e. The van der Waals surface area contributed by atoms with Gasteiger partial charge >= 0.3 is 0 Å². The van der Waals surface area contributed by atoms with E-state index in [4.69, 9.17) is 11.6 Å². The first-order valence-corrected chi connectivity index (χ1v) is 4.09. The predicted molar refractivity (Wildman–Crippen MR) is 48.2 cm³/mol. The molecule has 0 bridgehead atoms. The van der Waals surface area contributed by atoms with Crippen LogP contribution in [0.15, 0.2) is 40.3 Å². The Morgan fingerprint density at radius 1 is 1.54 bits per heavy atom. The molecule has 1 heterocycles. The lowest BCUT2D eigenvalue weighted by atomic mass is 9.92. The predicted octanol–water partition coefficient (Wildman–Crippen LogP) is 2.13. The van der Waals surface area contributed by atoms with E-state index < -0.39 is 11.7 Å². The van der Waals surface area contributed by atoms with Crippen LogP contribution >= 0.6 is 11.6 Å². The lowest BCUT2D eigenvalue weighted by molar-refractivity contribution is -0.115. The second-order valence-electron chi connectivity index (χ2n) is 2.76. The fourth-order valence-corrected chi connectivity index (χ4v) is 1.42. The van der Waals surface area contributed by atoms with E-state index in [0.29, 0.717) is 5.71 Å². The third kappa shape index (κ3) is 1.35. The minimum Gasteiger partial charge on any atom is -0.294 e. The number of fused-ring (bicyclic) bond motifs is 1. The molecule has 0 fully saturated rings. The average Bonchev–Trinajstić information content (AvgIpc) is 2.09. The van der Waals surface area contributed by atoms with Gasteiger partial charge in [0.2, 0.25) is 0 Å². The SMILES string of the molecule is O=C1C=CN=C2C=C(Cl)C(F)=CC12. The van der Waals surface area contributed by atoms with Gasteiger partial charge in [0.25, 0.3) is 0 Å². The topological polar surface area (TPSA) is 29.4 Å². The molecular weight excluding hydrogens is 193 g/mol. The first-order valence-electron chi connectivity index (χ1n) is 3.71. The monoisotopic (exact) mass is 197 g/mol. The van der Waals surface area contributed by atoms with Gasteiger partial charge in [0.15, 0.2) is 5.78 Å². The molecule has 0 aromatic heterocycles. The van der Waals surface area contributed by atoms with Crippen LogP contribution in [0.2, 0.25) is 0 Å². The molecule has 0 saturated heterocycles. The number of ketones is 1. The standard InChI is InChI=1S/C9H5ClFNO/c10-6-4-8-5(3-7(6)11)9(13)1-2-12-8/h1-5H. The molecule has 2 aliphatic rings. The molecule has 1 aliphatic heterocycles. The minimum atomic E-state index is -0.590. The molecule has 0 amide bonds. The van der Waals surface area contributed by atoms with Crippen molar-refractivity contribution < 1.29 is 9.18 Å². The number of nitrogens with zero attached hydrogens (tertiary/aromatic N) is 1. The molecule has 0 N–H and O–H groups in total. The second kappa shape index (κ2) is 2.92. The van der Waals surface area contributed by atoms with Crippen LogP contribution in [0.1, 0.15) is 0 Å². The fraction of sp³-hybridized carbons (Fsp3) is 0.111. The van der Waals surface area contributed by atoms with E-state index >= 15 is 0 Å². The molecule has 0 saturated carbocycles. The van der Waals surface area contributed by atoms with Crippen molar-refractivity contribution in [3.63, 3.8) is 0 Å². The Morgan fingerprint density at radius 3 is 3.08 bits per heavy atom. The maximum atomic E-state index is 13.0. The van der Waals surface area contributed by atoms with Gasteiger partial charge < -0.3 is 0 Å². The molecule has 1 unspecified atom stereocenters. The highest BCUT2D eigenvalue weighted by molar-refractivity contribution is 6.35. The van der Waals surface area contributed by atoms with Crippen LogP contribution < -0.4 is 0 Å². The molecular formula is C9H5ClFNO. The number of hydrogen-bond acceptors (Lipinski definition) is 2.